The molecule has 0 aliphatic heterocycles. The third-order valence-corrected chi connectivity index (χ3v) is 2.04. The molecule has 0 aromatic heterocycles. The van der Waals surface area contributed by atoms with Crippen LogP contribution in [0, 0.1) is 11.3 Å². The van der Waals surface area contributed by atoms with Gasteiger partial charge in [-0.15, -0.1) is 0 Å². The minimum Gasteiger partial charge on any atom is -0.396 e. The van der Waals surface area contributed by atoms with Crippen LogP contribution in [0.15, 0.2) is 0 Å². The van der Waals surface area contributed by atoms with Crippen molar-refractivity contribution in [2.24, 2.45) is 11.3 Å². The standard InChI is InChI=1S/C11H25NO/c1-5-6-10(8-13)7-12-9-11(2,3)4/h10,12-13H,5-9H2,1-4H3/t10-/m0/s1. The quantitative estimate of drug-likeness (QED) is 0.667. The fourth-order valence-electron chi connectivity index (χ4n) is 1.32. The van der Waals surface area contributed by atoms with Gasteiger partial charge in [-0.2, -0.15) is 0 Å². The van der Waals surface area contributed by atoms with E-state index in [4.69, 9.17) is 5.11 Å². The zero-order valence-electron chi connectivity index (χ0n) is 9.56. The average Bonchev–Trinajstić information content (AvgIpc) is 2.01. The Bertz CT molecular complexity index is 118. The predicted octanol–water partition coefficient (Wildman–Crippen LogP) is 2.03. The maximum absolute atomic E-state index is 9.05. The van der Waals surface area contributed by atoms with Gasteiger partial charge in [0.2, 0.25) is 0 Å². The van der Waals surface area contributed by atoms with Crippen molar-refractivity contribution in [3.63, 3.8) is 0 Å². The van der Waals surface area contributed by atoms with E-state index in [1.54, 1.807) is 0 Å². The summed E-state index contributed by atoms with van der Waals surface area (Å²) in [6.45, 7) is 11.1. The van der Waals surface area contributed by atoms with Crippen LogP contribution < -0.4 is 5.32 Å². The molecule has 0 rings (SSSR count). The Morgan fingerprint density at radius 1 is 1.31 bits per heavy atom. The monoisotopic (exact) mass is 187 g/mol. The molecular weight excluding hydrogens is 162 g/mol. The lowest BCUT2D eigenvalue weighted by Crippen LogP contribution is -2.32. The first kappa shape index (κ1) is 12.9. The minimum atomic E-state index is 0.310. The molecule has 0 aromatic rings. The van der Waals surface area contributed by atoms with Crippen LogP contribution in [0.5, 0.6) is 0 Å². The van der Waals surface area contributed by atoms with Crippen LogP contribution in [0.2, 0.25) is 0 Å². The number of hydrogen-bond acceptors (Lipinski definition) is 2. The minimum absolute atomic E-state index is 0.310. The Morgan fingerprint density at radius 3 is 2.31 bits per heavy atom. The van der Waals surface area contributed by atoms with Gasteiger partial charge in [0.05, 0.1) is 0 Å². The summed E-state index contributed by atoms with van der Waals surface area (Å²) >= 11 is 0. The van der Waals surface area contributed by atoms with Gasteiger partial charge in [0, 0.05) is 19.7 Å². The van der Waals surface area contributed by atoms with E-state index in [1.807, 2.05) is 0 Å². The molecule has 0 saturated heterocycles. The van der Waals surface area contributed by atoms with Crippen molar-refractivity contribution in [1.29, 1.82) is 0 Å². The maximum Gasteiger partial charge on any atom is 0.0471 e. The van der Waals surface area contributed by atoms with Crippen molar-refractivity contribution in [2.75, 3.05) is 19.7 Å². The van der Waals surface area contributed by atoms with Crippen molar-refractivity contribution >= 4 is 0 Å². The first-order valence-electron chi connectivity index (χ1n) is 5.31. The van der Waals surface area contributed by atoms with Gasteiger partial charge in [0.1, 0.15) is 0 Å². The van der Waals surface area contributed by atoms with Crippen LogP contribution in [0.25, 0.3) is 0 Å². The van der Waals surface area contributed by atoms with Gasteiger partial charge < -0.3 is 10.4 Å². The maximum atomic E-state index is 9.05. The highest BCUT2D eigenvalue weighted by atomic mass is 16.3. The lowest BCUT2D eigenvalue weighted by Gasteiger charge is -2.21. The molecule has 2 N–H and O–H groups in total. The lowest BCUT2D eigenvalue weighted by atomic mass is 9.96. The van der Waals surface area contributed by atoms with E-state index >= 15 is 0 Å². The molecule has 0 fully saturated rings. The zero-order valence-corrected chi connectivity index (χ0v) is 9.56. The first-order valence-corrected chi connectivity index (χ1v) is 5.31. The Labute approximate surface area is 82.7 Å². The molecule has 0 aliphatic carbocycles. The number of aliphatic hydroxyl groups excluding tert-OH is 1. The van der Waals surface area contributed by atoms with Crippen LogP contribution >= 0.6 is 0 Å². The largest absolute Gasteiger partial charge is 0.396 e. The first-order chi connectivity index (χ1) is 5.99. The van der Waals surface area contributed by atoms with Gasteiger partial charge in [-0.3, -0.25) is 0 Å². The molecule has 1 atom stereocenters. The number of aliphatic hydroxyl groups is 1. The second-order valence-corrected chi connectivity index (χ2v) is 5.03. The van der Waals surface area contributed by atoms with E-state index in [1.165, 1.54) is 0 Å². The van der Waals surface area contributed by atoms with Crippen molar-refractivity contribution < 1.29 is 5.11 Å². The Balaban J connectivity index is 3.49. The average molecular weight is 187 g/mol. The van der Waals surface area contributed by atoms with Gasteiger partial charge in [0.25, 0.3) is 0 Å². The smallest absolute Gasteiger partial charge is 0.0471 e. The van der Waals surface area contributed by atoms with E-state index in [0.717, 1.165) is 25.9 Å². The molecule has 0 spiro atoms. The lowest BCUT2D eigenvalue weighted by molar-refractivity contribution is 0.209. The molecule has 0 amide bonds. The second-order valence-electron chi connectivity index (χ2n) is 5.03. The van der Waals surface area contributed by atoms with Crippen LogP contribution in [-0.4, -0.2) is 24.8 Å². The summed E-state index contributed by atoms with van der Waals surface area (Å²) in [5.74, 6) is 0.437. The van der Waals surface area contributed by atoms with Crippen LogP contribution in [-0.2, 0) is 0 Å². The predicted molar refractivity (Wildman–Crippen MR) is 57.8 cm³/mol. The molecule has 2 heteroatoms. The molecule has 0 bridgehead atoms. The van der Waals surface area contributed by atoms with E-state index < -0.39 is 0 Å². The molecule has 0 saturated carbocycles. The van der Waals surface area contributed by atoms with Crippen LogP contribution in [0.1, 0.15) is 40.5 Å². The molecule has 80 valence electrons. The molecule has 0 unspecified atom stereocenters. The highest BCUT2D eigenvalue weighted by Crippen LogP contribution is 2.11. The van der Waals surface area contributed by atoms with E-state index in [9.17, 15) is 0 Å². The van der Waals surface area contributed by atoms with Crippen molar-refractivity contribution in [3.8, 4) is 0 Å². The molecule has 13 heavy (non-hydrogen) atoms. The van der Waals surface area contributed by atoms with Crippen LogP contribution in [0.4, 0.5) is 0 Å². The molecule has 0 aliphatic rings. The SMILES string of the molecule is CCC[C@H](CO)CNCC(C)(C)C. The highest BCUT2D eigenvalue weighted by molar-refractivity contribution is 4.67. The van der Waals surface area contributed by atoms with Gasteiger partial charge in [-0.1, -0.05) is 34.1 Å². The number of nitrogens with one attached hydrogen (secondary N) is 1. The normalized spacial score (nSPS) is 14.5. The zero-order chi connectivity index (χ0) is 10.3. The fraction of sp³-hybridized carbons (Fsp3) is 1.00. The highest BCUT2D eigenvalue weighted by Gasteiger charge is 2.11. The van der Waals surface area contributed by atoms with Gasteiger partial charge >= 0.3 is 0 Å². The summed E-state index contributed by atoms with van der Waals surface area (Å²) in [4.78, 5) is 0. The Morgan fingerprint density at radius 2 is 1.92 bits per heavy atom. The molecule has 2 nitrogen and oxygen atoms in total. The summed E-state index contributed by atoms with van der Waals surface area (Å²) < 4.78 is 0. The molecule has 0 aromatic carbocycles. The van der Waals surface area contributed by atoms with Crippen molar-refractivity contribution in [3.05, 3.63) is 0 Å². The Hall–Kier alpha value is -0.0800. The third-order valence-electron chi connectivity index (χ3n) is 2.04. The summed E-state index contributed by atoms with van der Waals surface area (Å²) in [5, 5.41) is 12.4. The Kier molecular flexibility index (Phi) is 6.35. The fourth-order valence-corrected chi connectivity index (χ4v) is 1.32. The van der Waals surface area contributed by atoms with Gasteiger partial charge in [-0.25, -0.2) is 0 Å². The summed E-state index contributed by atoms with van der Waals surface area (Å²) in [5.41, 5.74) is 0.340. The van der Waals surface area contributed by atoms with E-state index in [0.29, 0.717) is 17.9 Å². The van der Waals surface area contributed by atoms with Crippen molar-refractivity contribution in [2.45, 2.75) is 40.5 Å². The number of rotatable bonds is 6. The summed E-state index contributed by atoms with van der Waals surface area (Å²) in [6.07, 6.45) is 2.27. The molecule has 0 radical (unpaired) electrons. The molecule has 0 heterocycles. The van der Waals surface area contributed by atoms with Gasteiger partial charge in [-0.05, 0) is 17.8 Å². The topological polar surface area (TPSA) is 32.3 Å². The van der Waals surface area contributed by atoms with Crippen molar-refractivity contribution in [1.82, 2.24) is 5.32 Å². The van der Waals surface area contributed by atoms with E-state index in [2.05, 4.69) is 33.0 Å². The van der Waals surface area contributed by atoms with E-state index in [-0.39, 0.29) is 0 Å². The van der Waals surface area contributed by atoms with Crippen LogP contribution in [0.3, 0.4) is 0 Å². The molecular formula is C11H25NO. The summed E-state index contributed by atoms with van der Waals surface area (Å²) in [7, 11) is 0. The summed E-state index contributed by atoms with van der Waals surface area (Å²) in [6, 6.07) is 0. The number of hydrogen-bond donors (Lipinski definition) is 2. The second kappa shape index (κ2) is 6.39. The van der Waals surface area contributed by atoms with Gasteiger partial charge in [0.15, 0.2) is 0 Å². The third kappa shape index (κ3) is 8.26.